The molecule has 4 aromatic rings. The highest BCUT2D eigenvalue weighted by molar-refractivity contribution is 6.51. The molecule has 28 heavy (non-hydrogen) atoms. The van der Waals surface area contributed by atoms with Gasteiger partial charge in [0, 0.05) is 10.9 Å². The first-order valence-electron chi connectivity index (χ1n) is 9.07. The predicted octanol–water partition coefficient (Wildman–Crippen LogP) is 5.24. The van der Waals surface area contributed by atoms with Crippen LogP contribution < -0.4 is 5.43 Å². The van der Waals surface area contributed by atoms with Crippen molar-refractivity contribution in [2.24, 2.45) is 5.10 Å². The zero-order valence-electron chi connectivity index (χ0n) is 15.5. The normalized spacial score (nSPS) is 11.4. The summed E-state index contributed by atoms with van der Waals surface area (Å²) in [5.41, 5.74) is 7.17. The summed E-state index contributed by atoms with van der Waals surface area (Å²) in [4.78, 5) is 17.8. The minimum atomic E-state index is -0.178. The molecule has 0 saturated heterocycles. The van der Waals surface area contributed by atoms with Crippen LogP contribution in [-0.4, -0.2) is 16.5 Å². The molecule has 3 aromatic carbocycles. The fourth-order valence-electron chi connectivity index (χ4n) is 2.90. The third-order valence-electron chi connectivity index (χ3n) is 4.44. The van der Waals surface area contributed by atoms with Crippen LogP contribution in [0, 0.1) is 6.92 Å². The van der Waals surface area contributed by atoms with E-state index in [2.05, 4.69) is 15.5 Å². The quantitative estimate of drug-likeness (QED) is 0.299. The number of nitrogens with one attached hydrogen (secondary N) is 1. The number of aromatic nitrogens is 1. The van der Waals surface area contributed by atoms with Crippen molar-refractivity contribution in [2.45, 2.75) is 6.92 Å². The van der Waals surface area contributed by atoms with E-state index in [1.54, 1.807) is 12.1 Å². The maximum absolute atomic E-state index is 13.1. The molecule has 0 radical (unpaired) electrons. The molecule has 0 amide bonds. The summed E-state index contributed by atoms with van der Waals surface area (Å²) in [6, 6.07) is 28.6. The summed E-state index contributed by atoms with van der Waals surface area (Å²) >= 11 is 0. The Morgan fingerprint density at radius 2 is 1.54 bits per heavy atom. The first kappa shape index (κ1) is 17.6. The minimum absolute atomic E-state index is 0.178. The maximum Gasteiger partial charge on any atom is 0.215 e. The third kappa shape index (κ3) is 3.81. The van der Waals surface area contributed by atoms with Crippen molar-refractivity contribution >= 4 is 28.1 Å². The molecule has 0 atom stereocenters. The van der Waals surface area contributed by atoms with E-state index in [0.29, 0.717) is 11.3 Å². The van der Waals surface area contributed by atoms with Crippen LogP contribution in [0.3, 0.4) is 0 Å². The molecule has 4 nitrogen and oxygen atoms in total. The minimum Gasteiger partial charge on any atom is -0.287 e. The van der Waals surface area contributed by atoms with E-state index in [9.17, 15) is 4.79 Å². The van der Waals surface area contributed by atoms with Gasteiger partial charge in [-0.1, -0.05) is 72.3 Å². The summed E-state index contributed by atoms with van der Waals surface area (Å²) in [6.07, 6.45) is 0. The molecule has 0 bridgehead atoms. The molecular formula is C24H19N3O. The monoisotopic (exact) mass is 365 g/mol. The maximum atomic E-state index is 13.1. The Labute approximate surface area is 163 Å². The van der Waals surface area contributed by atoms with Crippen molar-refractivity contribution in [1.82, 2.24) is 4.98 Å². The predicted molar refractivity (Wildman–Crippen MR) is 114 cm³/mol. The van der Waals surface area contributed by atoms with Crippen molar-refractivity contribution in [3.8, 4) is 0 Å². The highest BCUT2D eigenvalue weighted by Gasteiger charge is 2.18. The second kappa shape index (κ2) is 7.84. The van der Waals surface area contributed by atoms with Gasteiger partial charge in [0.2, 0.25) is 5.78 Å². The van der Waals surface area contributed by atoms with Crippen molar-refractivity contribution in [3.63, 3.8) is 0 Å². The molecule has 0 saturated carbocycles. The molecule has 0 unspecified atom stereocenters. The molecule has 1 aromatic heterocycles. The van der Waals surface area contributed by atoms with Crippen LogP contribution >= 0.6 is 0 Å². The van der Waals surface area contributed by atoms with Crippen LogP contribution in [0.1, 0.15) is 21.6 Å². The topological polar surface area (TPSA) is 54.4 Å². The number of hydrazone groups is 1. The van der Waals surface area contributed by atoms with Gasteiger partial charge in [0.25, 0.3) is 0 Å². The van der Waals surface area contributed by atoms with Crippen molar-refractivity contribution in [1.29, 1.82) is 0 Å². The summed E-state index contributed by atoms with van der Waals surface area (Å²) in [6.45, 7) is 2.02. The van der Waals surface area contributed by atoms with E-state index in [1.807, 2.05) is 85.8 Å². The van der Waals surface area contributed by atoms with E-state index in [0.717, 1.165) is 22.2 Å². The first-order chi connectivity index (χ1) is 13.7. The highest BCUT2D eigenvalue weighted by atomic mass is 16.1. The number of anilines is 1. The summed E-state index contributed by atoms with van der Waals surface area (Å²) in [5, 5.41) is 5.45. The van der Waals surface area contributed by atoms with Crippen molar-refractivity contribution in [3.05, 3.63) is 108 Å². The largest absolute Gasteiger partial charge is 0.287 e. The molecule has 1 N–H and O–H groups in total. The lowest BCUT2D eigenvalue weighted by Gasteiger charge is -2.08. The van der Waals surface area contributed by atoms with E-state index < -0.39 is 0 Å². The summed E-state index contributed by atoms with van der Waals surface area (Å²) in [7, 11) is 0. The average Bonchev–Trinajstić information content (AvgIpc) is 2.75. The number of benzene rings is 3. The highest BCUT2D eigenvalue weighted by Crippen LogP contribution is 2.15. The standard InChI is InChI=1S/C24H19N3O/c1-17-11-14-20(15-12-17)26-27-23(24(28)19-8-3-2-4-9-19)22-16-13-18-7-5-6-10-21(18)25-22/h2-16,26H,1H3/b27-23+. The van der Waals surface area contributed by atoms with Crippen LogP contribution in [0.4, 0.5) is 5.69 Å². The number of para-hydroxylation sites is 1. The molecule has 4 rings (SSSR count). The van der Waals surface area contributed by atoms with Gasteiger partial charge in [-0.2, -0.15) is 5.10 Å². The number of carbonyl (C=O) groups is 1. The molecule has 0 aliphatic heterocycles. The van der Waals surface area contributed by atoms with E-state index in [4.69, 9.17) is 0 Å². The number of fused-ring (bicyclic) bond motifs is 1. The Morgan fingerprint density at radius 1 is 0.821 bits per heavy atom. The van der Waals surface area contributed by atoms with Crippen LogP contribution in [0.5, 0.6) is 0 Å². The Hall–Kier alpha value is -3.79. The lowest BCUT2D eigenvalue weighted by molar-refractivity contribution is 0.106. The van der Waals surface area contributed by atoms with E-state index in [1.165, 1.54) is 0 Å². The summed E-state index contributed by atoms with van der Waals surface area (Å²) in [5.74, 6) is -0.178. The van der Waals surface area contributed by atoms with Gasteiger partial charge in [0.1, 0.15) is 0 Å². The smallest absolute Gasteiger partial charge is 0.215 e. The molecule has 0 spiro atoms. The average molecular weight is 365 g/mol. The second-order valence-electron chi connectivity index (χ2n) is 6.52. The van der Waals surface area contributed by atoms with Gasteiger partial charge in [0.05, 0.1) is 16.9 Å². The van der Waals surface area contributed by atoms with Gasteiger partial charge >= 0.3 is 0 Å². The third-order valence-corrected chi connectivity index (χ3v) is 4.44. The van der Waals surface area contributed by atoms with E-state index in [-0.39, 0.29) is 11.5 Å². The lowest BCUT2D eigenvalue weighted by atomic mass is 10.0. The number of nitrogens with zero attached hydrogens (tertiary/aromatic N) is 2. The Kier molecular flexibility index (Phi) is 4.93. The Bertz CT molecular complexity index is 1150. The zero-order valence-corrected chi connectivity index (χ0v) is 15.5. The number of carbonyl (C=O) groups excluding carboxylic acids is 1. The Morgan fingerprint density at radius 3 is 2.32 bits per heavy atom. The lowest BCUT2D eigenvalue weighted by Crippen LogP contribution is -2.19. The van der Waals surface area contributed by atoms with Crippen molar-refractivity contribution < 1.29 is 4.79 Å². The molecule has 4 heteroatoms. The number of Topliss-reactive ketones (excluding diaryl/α,β-unsaturated/α-hetero) is 1. The molecule has 0 aliphatic carbocycles. The van der Waals surface area contributed by atoms with E-state index >= 15 is 0 Å². The Balaban J connectivity index is 1.76. The van der Waals surface area contributed by atoms with Crippen LogP contribution in [0.15, 0.2) is 96.1 Å². The summed E-state index contributed by atoms with van der Waals surface area (Å²) < 4.78 is 0. The number of pyridine rings is 1. The first-order valence-corrected chi connectivity index (χ1v) is 9.07. The van der Waals surface area contributed by atoms with Crippen LogP contribution in [0.25, 0.3) is 10.9 Å². The SMILES string of the molecule is Cc1ccc(N/N=C(/C(=O)c2ccccc2)c2ccc3ccccc3n2)cc1. The molecule has 0 aliphatic rings. The van der Waals surface area contributed by atoms with Crippen LogP contribution in [-0.2, 0) is 0 Å². The zero-order chi connectivity index (χ0) is 19.3. The molecular weight excluding hydrogens is 346 g/mol. The fourth-order valence-corrected chi connectivity index (χ4v) is 2.90. The van der Waals surface area contributed by atoms with Gasteiger partial charge in [-0.05, 0) is 31.2 Å². The van der Waals surface area contributed by atoms with Gasteiger partial charge in [-0.3, -0.25) is 10.2 Å². The van der Waals surface area contributed by atoms with Gasteiger partial charge in [0.15, 0.2) is 5.71 Å². The number of hydrogen-bond acceptors (Lipinski definition) is 4. The van der Waals surface area contributed by atoms with Crippen LogP contribution in [0.2, 0.25) is 0 Å². The molecule has 0 fully saturated rings. The second-order valence-corrected chi connectivity index (χ2v) is 6.52. The van der Waals surface area contributed by atoms with Gasteiger partial charge < -0.3 is 0 Å². The van der Waals surface area contributed by atoms with Crippen molar-refractivity contribution in [2.75, 3.05) is 5.43 Å². The number of hydrogen-bond donors (Lipinski definition) is 1. The fraction of sp³-hybridized carbons (Fsp3) is 0.0417. The number of aryl methyl sites for hydroxylation is 1. The molecule has 1 heterocycles. The number of ketones is 1. The number of rotatable bonds is 5. The van der Waals surface area contributed by atoms with Gasteiger partial charge in [-0.25, -0.2) is 4.98 Å². The molecule has 136 valence electrons. The van der Waals surface area contributed by atoms with Gasteiger partial charge in [-0.15, -0.1) is 0 Å².